The van der Waals surface area contributed by atoms with E-state index in [9.17, 15) is 4.79 Å². The number of primary amides is 1. The van der Waals surface area contributed by atoms with Gasteiger partial charge in [-0.1, -0.05) is 0 Å². The number of rotatable bonds is 1. The zero-order chi connectivity index (χ0) is 8.55. The van der Waals surface area contributed by atoms with Crippen LogP contribution in [-0.2, 0) is 6.54 Å². The van der Waals surface area contributed by atoms with E-state index in [0.29, 0.717) is 17.9 Å². The van der Waals surface area contributed by atoms with E-state index < -0.39 is 5.91 Å². The lowest BCUT2D eigenvalue weighted by Crippen LogP contribution is -2.15. The molecular weight excluding hydrogens is 156 g/mol. The first kappa shape index (κ1) is 6.90. The molecule has 1 aromatic heterocycles. The average molecular weight is 164 g/mol. The number of aromatic nitrogens is 2. The minimum atomic E-state index is -0.459. The van der Waals surface area contributed by atoms with Crippen LogP contribution in [0.5, 0.6) is 0 Å². The largest absolute Gasteiger partial charge is 0.365 e. The summed E-state index contributed by atoms with van der Waals surface area (Å²) in [6, 6.07) is 0. The maximum absolute atomic E-state index is 10.8. The van der Waals surface area contributed by atoms with Crippen molar-refractivity contribution < 1.29 is 4.79 Å². The number of hydrogen-bond donors (Lipinski definition) is 2. The van der Waals surface area contributed by atoms with Crippen molar-refractivity contribution in [3.8, 4) is 0 Å². The fourth-order valence-electron chi connectivity index (χ4n) is 1.15. The number of carbonyl (C=O) groups excluding carboxylic acids is 1. The minimum Gasteiger partial charge on any atom is -0.365 e. The molecular formula is C7H8N4O. The van der Waals surface area contributed by atoms with E-state index in [1.807, 2.05) is 6.08 Å². The van der Waals surface area contributed by atoms with Gasteiger partial charge in [0.1, 0.15) is 11.4 Å². The predicted molar refractivity (Wildman–Crippen MR) is 43.5 cm³/mol. The number of fused-ring (bicyclic) bond motifs is 1. The molecule has 0 spiro atoms. The zero-order valence-electron chi connectivity index (χ0n) is 6.32. The van der Waals surface area contributed by atoms with Crippen molar-refractivity contribution in [3.05, 3.63) is 24.0 Å². The monoisotopic (exact) mass is 164 g/mol. The zero-order valence-corrected chi connectivity index (χ0v) is 6.32. The number of nitrogens with two attached hydrogens (primary N) is 1. The Hall–Kier alpha value is -1.78. The predicted octanol–water partition coefficient (Wildman–Crippen LogP) is -0.0788. The molecule has 0 bridgehead atoms. The second-order valence-corrected chi connectivity index (χ2v) is 2.50. The van der Waals surface area contributed by atoms with Crippen LogP contribution in [0.2, 0.25) is 0 Å². The van der Waals surface area contributed by atoms with Gasteiger partial charge in [0.25, 0.3) is 5.91 Å². The topological polar surface area (TPSA) is 72.9 Å². The van der Waals surface area contributed by atoms with E-state index in [4.69, 9.17) is 5.73 Å². The number of anilines is 1. The molecule has 0 saturated carbocycles. The molecule has 1 amide bonds. The summed E-state index contributed by atoms with van der Waals surface area (Å²) >= 11 is 0. The number of nitrogens with one attached hydrogen (secondary N) is 1. The van der Waals surface area contributed by atoms with Gasteiger partial charge in [0.15, 0.2) is 0 Å². The molecule has 1 aliphatic heterocycles. The highest BCUT2D eigenvalue weighted by molar-refractivity contribution is 5.97. The van der Waals surface area contributed by atoms with E-state index >= 15 is 0 Å². The molecule has 5 heteroatoms. The van der Waals surface area contributed by atoms with Crippen LogP contribution < -0.4 is 11.1 Å². The molecule has 0 aliphatic carbocycles. The molecule has 0 atom stereocenters. The van der Waals surface area contributed by atoms with E-state index in [1.165, 1.54) is 6.20 Å². The SMILES string of the molecule is NC(=O)c1cnn2c1NC=CC2. The standard InChI is InChI=1S/C7H8N4O/c8-6(12)5-4-10-11-3-1-2-9-7(5)11/h1-2,4,9H,3H2,(H2,8,12). The summed E-state index contributed by atoms with van der Waals surface area (Å²) in [5.74, 6) is 0.212. The van der Waals surface area contributed by atoms with Crippen molar-refractivity contribution in [1.82, 2.24) is 9.78 Å². The first-order chi connectivity index (χ1) is 5.79. The molecule has 1 aromatic rings. The number of carbonyl (C=O) groups is 1. The molecule has 5 nitrogen and oxygen atoms in total. The summed E-state index contributed by atoms with van der Waals surface area (Å²) in [6.45, 7) is 0.676. The molecule has 12 heavy (non-hydrogen) atoms. The Balaban J connectivity index is 2.48. The van der Waals surface area contributed by atoms with Gasteiger partial charge in [-0.05, 0) is 6.08 Å². The molecule has 0 fully saturated rings. The number of allylic oxidation sites excluding steroid dienone is 1. The third-order valence-corrected chi connectivity index (χ3v) is 1.72. The lowest BCUT2D eigenvalue weighted by molar-refractivity contribution is 0.100. The van der Waals surface area contributed by atoms with Gasteiger partial charge in [-0.3, -0.25) is 4.79 Å². The van der Waals surface area contributed by atoms with Crippen molar-refractivity contribution >= 4 is 11.7 Å². The summed E-state index contributed by atoms with van der Waals surface area (Å²) in [7, 11) is 0. The Morgan fingerprint density at radius 3 is 3.33 bits per heavy atom. The highest BCUT2D eigenvalue weighted by Gasteiger charge is 2.14. The Labute approximate surface area is 68.9 Å². The van der Waals surface area contributed by atoms with Crippen LogP contribution in [0.3, 0.4) is 0 Å². The quantitative estimate of drug-likeness (QED) is 0.609. The Kier molecular flexibility index (Phi) is 1.36. The summed E-state index contributed by atoms with van der Waals surface area (Å²) < 4.78 is 1.68. The summed E-state index contributed by atoms with van der Waals surface area (Å²) in [5.41, 5.74) is 5.56. The summed E-state index contributed by atoms with van der Waals surface area (Å²) in [4.78, 5) is 10.8. The molecule has 62 valence electrons. The number of nitrogens with zero attached hydrogens (tertiary/aromatic N) is 2. The van der Waals surface area contributed by atoms with Gasteiger partial charge >= 0.3 is 0 Å². The van der Waals surface area contributed by atoms with E-state index in [-0.39, 0.29) is 0 Å². The van der Waals surface area contributed by atoms with Gasteiger partial charge in [-0.2, -0.15) is 5.10 Å². The van der Waals surface area contributed by atoms with Crippen molar-refractivity contribution in [2.45, 2.75) is 6.54 Å². The molecule has 0 radical (unpaired) electrons. The summed E-state index contributed by atoms with van der Waals surface area (Å²) in [6.07, 6.45) is 5.14. The highest BCUT2D eigenvalue weighted by atomic mass is 16.1. The van der Waals surface area contributed by atoms with Gasteiger partial charge in [0.05, 0.1) is 12.7 Å². The lowest BCUT2D eigenvalue weighted by Gasteiger charge is -2.10. The second-order valence-electron chi connectivity index (χ2n) is 2.50. The Morgan fingerprint density at radius 2 is 2.58 bits per heavy atom. The Bertz CT molecular complexity index is 352. The first-order valence-electron chi connectivity index (χ1n) is 3.56. The molecule has 2 heterocycles. The average Bonchev–Trinajstić information content (AvgIpc) is 2.47. The van der Waals surface area contributed by atoms with Crippen molar-refractivity contribution in [2.75, 3.05) is 5.32 Å². The maximum Gasteiger partial charge on any atom is 0.254 e. The summed E-state index contributed by atoms with van der Waals surface area (Å²) in [5, 5.41) is 6.89. The minimum absolute atomic E-state index is 0.430. The molecule has 0 unspecified atom stereocenters. The Morgan fingerprint density at radius 1 is 1.75 bits per heavy atom. The van der Waals surface area contributed by atoms with Crippen LogP contribution in [-0.4, -0.2) is 15.7 Å². The fourth-order valence-corrected chi connectivity index (χ4v) is 1.15. The number of amides is 1. The lowest BCUT2D eigenvalue weighted by atomic mass is 10.3. The molecule has 3 N–H and O–H groups in total. The van der Waals surface area contributed by atoms with Crippen LogP contribution in [0, 0.1) is 0 Å². The third kappa shape index (κ3) is 0.868. The molecule has 2 rings (SSSR count). The molecule has 0 aromatic carbocycles. The van der Waals surface area contributed by atoms with Gasteiger partial charge < -0.3 is 11.1 Å². The molecule has 0 saturated heterocycles. The van der Waals surface area contributed by atoms with Gasteiger partial charge in [-0.15, -0.1) is 0 Å². The smallest absolute Gasteiger partial charge is 0.254 e. The van der Waals surface area contributed by atoms with Gasteiger partial charge in [-0.25, -0.2) is 4.68 Å². The van der Waals surface area contributed by atoms with Crippen LogP contribution in [0.15, 0.2) is 18.5 Å². The third-order valence-electron chi connectivity index (χ3n) is 1.72. The van der Waals surface area contributed by atoms with Crippen molar-refractivity contribution in [2.24, 2.45) is 5.73 Å². The van der Waals surface area contributed by atoms with Gasteiger partial charge in [0.2, 0.25) is 0 Å². The van der Waals surface area contributed by atoms with Crippen LogP contribution in [0.4, 0.5) is 5.82 Å². The maximum atomic E-state index is 10.8. The van der Waals surface area contributed by atoms with Crippen LogP contribution in [0.1, 0.15) is 10.4 Å². The van der Waals surface area contributed by atoms with E-state index in [1.54, 1.807) is 10.9 Å². The van der Waals surface area contributed by atoms with Crippen LogP contribution >= 0.6 is 0 Å². The normalized spacial score (nSPS) is 13.7. The van der Waals surface area contributed by atoms with Crippen molar-refractivity contribution in [1.29, 1.82) is 0 Å². The van der Waals surface area contributed by atoms with E-state index in [2.05, 4.69) is 10.4 Å². The van der Waals surface area contributed by atoms with Crippen LogP contribution in [0.25, 0.3) is 0 Å². The first-order valence-corrected chi connectivity index (χ1v) is 3.56. The van der Waals surface area contributed by atoms with Gasteiger partial charge in [0, 0.05) is 6.20 Å². The molecule has 1 aliphatic rings. The van der Waals surface area contributed by atoms with Crippen molar-refractivity contribution in [3.63, 3.8) is 0 Å². The highest BCUT2D eigenvalue weighted by Crippen LogP contribution is 2.16. The van der Waals surface area contributed by atoms with E-state index in [0.717, 1.165) is 0 Å². The fraction of sp³-hybridized carbons (Fsp3) is 0.143. The number of hydrogen-bond acceptors (Lipinski definition) is 3. The second kappa shape index (κ2) is 2.37.